The van der Waals surface area contributed by atoms with E-state index in [-0.39, 0.29) is 5.91 Å². The number of nitrogens with one attached hydrogen (secondary N) is 2. The molecule has 166 valence electrons. The van der Waals surface area contributed by atoms with Gasteiger partial charge in [-0.3, -0.25) is 4.79 Å². The molecule has 1 aromatic rings. The third-order valence-corrected chi connectivity index (χ3v) is 6.05. The first-order valence-electron chi connectivity index (χ1n) is 11.5. The normalized spacial score (nSPS) is 18.9. The number of nitrogens with zero attached hydrogens (tertiary/aromatic N) is 3. The smallest absolute Gasteiger partial charge is 0.220 e. The number of piperidine rings is 1. The number of amides is 1. The maximum Gasteiger partial charge on any atom is 0.220 e. The molecule has 3 rings (SSSR count). The molecule has 1 aromatic heterocycles. The predicted octanol–water partition coefficient (Wildman–Crippen LogP) is 3.11. The van der Waals surface area contributed by atoms with Gasteiger partial charge >= 0.3 is 0 Å². The minimum atomic E-state index is 0.137. The molecule has 1 saturated carbocycles. The van der Waals surface area contributed by atoms with E-state index in [0.717, 1.165) is 62.7 Å². The van der Waals surface area contributed by atoms with E-state index < -0.39 is 0 Å². The van der Waals surface area contributed by atoms with E-state index in [0.29, 0.717) is 25.0 Å². The Morgan fingerprint density at radius 3 is 2.70 bits per heavy atom. The third kappa shape index (κ3) is 6.89. The molecule has 0 bridgehead atoms. The lowest BCUT2D eigenvalue weighted by Gasteiger charge is -2.34. The predicted molar refractivity (Wildman–Crippen MR) is 120 cm³/mol. The maximum atomic E-state index is 11.6. The van der Waals surface area contributed by atoms with Crippen molar-refractivity contribution < 1.29 is 9.53 Å². The van der Waals surface area contributed by atoms with Gasteiger partial charge in [0.05, 0.1) is 6.54 Å². The van der Waals surface area contributed by atoms with Crippen molar-refractivity contribution >= 4 is 11.9 Å². The second-order valence-corrected chi connectivity index (χ2v) is 8.36. The second kappa shape index (κ2) is 11.8. The summed E-state index contributed by atoms with van der Waals surface area (Å²) in [7, 11) is 1.71. The molecule has 2 aliphatic rings. The molecular formula is C23H37N5O2. The number of pyridine rings is 1. The van der Waals surface area contributed by atoms with Gasteiger partial charge in [-0.2, -0.15) is 0 Å². The van der Waals surface area contributed by atoms with Crippen LogP contribution in [0, 0.1) is 5.92 Å². The number of likely N-dealkylation sites (tertiary alicyclic amines) is 1. The molecule has 0 aromatic carbocycles. The van der Waals surface area contributed by atoms with Crippen LogP contribution in [0.25, 0.3) is 0 Å². The largest absolute Gasteiger partial charge is 0.474 e. The Kier molecular flexibility index (Phi) is 8.78. The van der Waals surface area contributed by atoms with E-state index in [4.69, 9.17) is 9.73 Å². The van der Waals surface area contributed by atoms with Crippen LogP contribution in [-0.4, -0.2) is 54.5 Å². The van der Waals surface area contributed by atoms with E-state index in [1.807, 2.05) is 18.3 Å². The second-order valence-electron chi connectivity index (χ2n) is 8.36. The van der Waals surface area contributed by atoms with E-state index in [2.05, 4.69) is 27.4 Å². The molecule has 2 heterocycles. The summed E-state index contributed by atoms with van der Waals surface area (Å²) in [5, 5.41) is 6.15. The number of hydrogen-bond donors (Lipinski definition) is 2. The molecule has 1 aliphatic carbocycles. The van der Waals surface area contributed by atoms with Crippen molar-refractivity contribution in [2.24, 2.45) is 10.9 Å². The molecule has 0 atom stereocenters. The van der Waals surface area contributed by atoms with Crippen molar-refractivity contribution in [2.45, 2.75) is 70.9 Å². The van der Waals surface area contributed by atoms with Crippen molar-refractivity contribution in [1.82, 2.24) is 20.5 Å². The molecule has 1 saturated heterocycles. The summed E-state index contributed by atoms with van der Waals surface area (Å²) in [6.45, 7) is 5.39. The fourth-order valence-corrected chi connectivity index (χ4v) is 4.27. The molecule has 0 unspecified atom stereocenters. The van der Waals surface area contributed by atoms with Gasteiger partial charge in [-0.15, -0.1) is 0 Å². The standard InChI is InChI=1S/C23H37N5O2/c1-3-25-23(28-13-10-18(11-14-28)15-21(29)24-2)27-17-19-9-12-26-22(16-19)30-20-7-5-4-6-8-20/h9,12,16,18,20H,3-8,10-11,13-15,17H2,1-2H3,(H,24,29)(H,25,27). The van der Waals surface area contributed by atoms with E-state index >= 15 is 0 Å². The van der Waals surface area contributed by atoms with Gasteiger partial charge in [0.1, 0.15) is 6.10 Å². The minimum Gasteiger partial charge on any atom is -0.474 e. The van der Waals surface area contributed by atoms with Crippen LogP contribution in [0.3, 0.4) is 0 Å². The summed E-state index contributed by atoms with van der Waals surface area (Å²) in [5.41, 5.74) is 1.11. The molecule has 1 amide bonds. The molecule has 7 heteroatoms. The van der Waals surface area contributed by atoms with Crippen molar-refractivity contribution in [1.29, 1.82) is 0 Å². The highest BCUT2D eigenvalue weighted by Crippen LogP contribution is 2.23. The maximum absolute atomic E-state index is 11.6. The molecule has 30 heavy (non-hydrogen) atoms. The quantitative estimate of drug-likeness (QED) is 0.528. The van der Waals surface area contributed by atoms with Gasteiger partial charge in [0.15, 0.2) is 5.96 Å². The van der Waals surface area contributed by atoms with Crippen LogP contribution in [0.5, 0.6) is 5.88 Å². The average molecular weight is 416 g/mol. The average Bonchev–Trinajstić information content (AvgIpc) is 2.78. The number of carbonyl (C=O) groups is 1. The Balaban J connectivity index is 1.55. The topological polar surface area (TPSA) is 78.9 Å². The lowest BCUT2D eigenvalue weighted by molar-refractivity contribution is -0.121. The van der Waals surface area contributed by atoms with Gasteiger partial charge in [0, 0.05) is 45.4 Å². The number of carbonyl (C=O) groups excluding carboxylic acids is 1. The summed E-state index contributed by atoms with van der Waals surface area (Å²) >= 11 is 0. The first-order valence-corrected chi connectivity index (χ1v) is 11.5. The molecular weight excluding hydrogens is 378 g/mol. The van der Waals surface area contributed by atoms with Crippen molar-refractivity contribution in [3.8, 4) is 5.88 Å². The van der Waals surface area contributed by atoms with E-state index in [1.54, 1.807) is 7.05 Å². The molecule has 7 nitrogen and oxygen atoms in total. The zero-order valence-electron chi connectivity index (χ0n) is 18.5. The number of aliphatic imine (C=N–C) groups is 1. The van der Waals surface area contributed by atoms with E-state index in [9.17, 15) is 4.79 Å². The van der Waals surface area contributed by atoms with E-state index in [1.165, 1.54) is 19.3 Å². The number of guanidine groups is 1. The van der Waals surface area contributed by atoms with Crippen molar-refractivity contribution in [2.75, 3.05) is 26.7 Å². The lowest BCUT2D eigenvalue weighted by atomic mass is 9.93. The highest BCUT2D eigenvalue weighted by molar-refractivity contribution is 5.80. The Morgan fingerprint density at radius 1 is 1.23 bits per heavy atom. The molecule has 1 aliphatic heterocycles. The van der Waals surface area contributed by atoms with Crippen molar-refractivity contribution in [3.63, 3.8) is 0 Å². The van der Waals surface area contributed by atoms with Crippen LogP contribution in [0.4, 0.5) is 0 Å². The highest BCUT2D eigenvalue weighted by atomic mass is 16.5. The number of rotatable bonds is 7. The summed E-state index contributed by atoms with van der Waals surface area (Å²) in [6, 6.07) is 4.04. The number of hydrogen-bond acceptors (Lipinski definition) is 4. The van der Waals surface area contributed by atoms with Gasteiger partial charge < -0.3 is 20.3 Å². The molecule has 0 radical (unpaired) electrons. The van der Waals surface area contributed by atoms with Gasteiger partial charge in [0.25, 0.3) is 0 Å². The summed E-state index contributed by atoms with van der Waals surface area (Å²) in [6.07, 6.45) is 10.9. The SMILES string of the molecule is CCNC(=NCc1ccnc(OC2CCCCC2)c1)N1CCC(CC(=O)NC)CC1. The molecule has 2 N–H and O–H groups in total. The van der Waals surface area contributed by atoms with Crippen LogP contribution in [0.15, 0.2) is 23.3 Å². The first kappa shape index (κ1) is 22.4. The van der Waals surface area contributed by atoms with Gasteiger partial charge in [-0.05, 0) is 63.0 Å². The van der Waals surface area contributed by atoms with Crippen LogP contribution >= 0.6 is 0 Å². The summed E-state index contributed by atoms with van der Waals surface area (Å²) in [4.78, 5) is 23.2. The van der Waals surface area contributed by atoms with Crippen LogP contribution in [0.2, 0.25) is 0 Å². The van der Waals surface area contributed by atoms with Gasteiger partial charge in [0.2, 0.25) is 11.8 Å². The third-order valence-electron chi connectivity index (χ3n) is 6.05. The summed E-state index contributed by atoms with van der Waals surface area (Å²) < 4.78 is 6.10. The summed E-state index contributed by atoms with van der Waals surface area (Å²) in [5.74, 6) is 2.26. The zero-order chi connectivity index (χ0) is 21.2. The van der Waals surface area contributed by atoms with Crippen LogP contribution in [-0.2, 0) is 11.3 Å². The fourth-order valence-electron chi connectivity index (χ4n) is 4.27. The minimum absolute atomic E-state index is 0.137. The molecule has 2 fully saturated rings. The molecule has 0 spiro atoms. The lowest BCUT2D eigenvalue weighted by Crippen LogP contribution is -2.46. The monoisotopic (exact) mass is 415 g/mol. The Bertz CT molecular complexity index is 695. The zero-order valence-corrected chi connectivity index (χ0v) is 18.5. The number of aromatic nitrogens is 1. The van der Waals surface area contributed by atoms with Gasteiger partial charge in [-0.25, -0.2) is 9.98 Å². The first-order chi connectivity index (χ1) is 14.7. The Hall–Kier alpha value is -2.31. The highest BCUT2D eigenvalue weighted by Gasteiger charge is 2.23. The Labute approximate surface area is 180 Å². The van der Waals surface area contributed by atoms with Crippen LogP contribution in [0.1, 0.15) is 63.9 Å². The number of ether oxygens (including phenoxy) is 1. The van der Waals surface area contributed by atoms with Gasteiger partial charge in [-0.1, -0.05) is 6.42 Å². The van der Waals surface area contributed by atoms with Crippen molar-refractivity contribution in [3.05, 3.63) is 23.9 Å². The van der Waals surface area contributed by atoms with Crippen LogP contribution < -0.4 is 15.4 Å². The Morgan fingerprint density at radius 2 is 2.00 bits per heavy atom. The fraction of sp³-hybridized carbons (Fsp3) is 0.696.